The number of nitrogens with one attached hydrogen (secondary N) is 4. The summed E-state index contributed by atoms with van der Waals surface area (Å²) in [4.78, 5) is 86.6. The molecule has 0 aliphatic heterocycles. The number of carbonyl (C=O) groups is 6. The van der Waals surface area contributed by atoms with Crippen LogP contribution in [0.4, 0.5) is 17.2 Å². The second-order valence-electron chi connectivity index (χ2n) is 17.6. The van der Waals surface area contributed by atoms with Gasteiger partial charge in [-0.3, -0.25) is 28.8 Å². The van der Waals surface area contributed by atoms with E-state index >= 15 is 0 Å². The van der Waals surface area contributed by atoms with Gasteiger partial charge in [0.2, 0.25) is 23.5 Å². The van der Waals surface area contributed by atoms with Crippen LogP contribution in [0.5, 0.6) is 0 Å². The molecule has 3 aromatic carbocycles. The molecule has 0 unspecified atom stereocenters. The number of carbonyl (C=O) groups excluding carboxylic acids is 6. The van der Waals surface area contributed by atoms with Crippen LogP contribution in [0.15, 0.2) is 122 Å². The Balaban J connectivity index is 0.948. The van der Waals surface area contributed by atoms with Gasteiger partial charge in [0.25, 0.3) is 17.7 Å². The molecule has 4 N–H and O–H groups in total. The Labute approximate surface area is 430 Å². The van der Waals surface area contributed by atoms with Crippen molar-refractivity contribution in [1.29, 1.82) is 0 Å². The third-order valence-electron chi connectivity index (χ3n) is 12.0. The first-order valence-electron chi connectivity index (χ1n) is 23.5. The predicted octanol–water partition coefficient (Wildman–Crippen LogP) is 5.49. The van der Waals surface area contributed by atoms with Crippen molar-refractivity contribution < 1.29 is 28.8 Å². The van der Waals surface area contributed by atoms with Crippen LogP contribution < -0.4 is 40.3 Å². The first kappa shape index (κ1) is 53.7. The van der Waals surface area contributed by atoms with Crippen LogP contribution in [0.3, 0.4) is 0 Å². The second kappa shape index (κ2) is 25.5. The fourth-order valence-electron chi connectivity index (χ4n) is 8.31. The summed E-state index contributed by atoms with van der Waals surface area (Å²) in [5.41, 5.74) is 1.37. The number of halogens is 1. The van der Waals surface area contributed by atoms with Gasteiger partial charge in [-0.2, -0.15) is 0 Å². The standard InChI is InChI=1S/C52H63IN11O6P/c1-59(2)30-18-31-60(3)48(67)27-29-55-50(68)43-34-39(36-62(43)5)64(53)52(70)44-33-38(35-61(44)4)56-51(69)49-58-45(37-63(49)6)57-47(66)26-28-54-46(65)25-16-17-32-71(40-19-10-7-11-20-40,41-21-12-8-13-22-41)42-23-14-9-15-24-42/h7-15,19-24,33-37H,16-18,25-32H2,1-6H3,(H3-,54,55,56,57,65,66,68,69)/p+1. The van der Waals surface area contributed by atoms with Gasteiger partial charge in [-0.05, 0) is 88.4 Å². The van der Waals surface area contributed by atoms with E-state index in [4.69, 9.17) is 0 Å². The van der Waals surface area contributed by atoms with E-state index in [0.717, 1.165) is 25.5 Å². The van der Waals surface area contributed by atoms with Gasteiger partial charge in [0.05, 0.1) is 40.4 Å². The van der Waals surface area contributed by atoms with Crippen LogP contribution in [-0.2, 0) is 35.5 Å². The smallest absolute Gasteiger partial charge is 0.291 e. The summed E-state index contributed by atoms with van der Waals surface area (Å²) in [7, 11) is 8.72. The number of anilines is 3. The Hall–Kier alpha value is -6.63. The van der Waals surface area contributed by atoms with Crippen molar-refractivity contribution in [2.75, 3.05) is 67.2 Å². The first-order chi connectivity index (χ1) is 34.1. The number of nitrogens with zero attached hydrogens (tertiary/aromatic N) is 7. The SMILES string of the molecule is CN(C)CCCN(C)C(=O)CCNC(=O)c1cc(N(I)C(=O)c2cc(NC(=O)c3nc(NC(=O)CCNC(=O)CCCC[P+](c4ccccc4)(c4ccccc4)c4ccccc4)cn3C)cn2C)cn1C. The third kappa shape index (κ3) is 14.3. The Morgan fingerprint density at radius 3 is 1.80 bits per heavy atom. The lowest BCUT2D eigenvalue weighted by molar-refractivity contribution is -0.129. The second-order valence-corrected chi connectivity index (χ2v) is 22.2. The number of amides is 6. The van der Waals surface area contributed by atoms with E-state index in [1.54, 1.807) is 60.7 Å². The van der Waals surface area contributed by atoms with Gasteiger partial charge in [-0.25, -0.2) is 8.10 Å². The van der Waals surface area contributed by atoms with Crippen molar-refractivity contribution in [3.05, 3.63) is 139 Å². The van der Waals surface area contributed by atoms with Gasteiger partial charge in [-0.15, -0.1) is 0 Å². The summed E-state index contributed by atoms with van der Waals surface area (Å²) < 4.78 is 6.03. The van der Waals surface area contributed by atoms with Gasteiger partial charge in [0, 0.05) is 85.7 Å². The third-order valence-corrected chi connectivity index (χ3v) is 17.5. The monoisotopic (exact) mass is 1100 g/mol. The number of benzene rings is 3. The number of hydrogen-bond donors (Lipinski definition) is 4. The van der Waals surface area contributed by atoms with Gasteiger partial charge >= 0.3 is 0 Å². The maximum absolute atomic E-state index is 13.7. The lowest BCUT2D eigenvalue weighted by atomic mass is 10.2. The molecule has 0 spiro atoms. The Bertz CT molecular complexity index is 2680. The van der Waals surface area contributed by atoms with Gasteiger partial charge in [0.15, 0.2) is 5.82 Å². The molecule has 0 aliphatic carbocycles. The van der Waals surface area contributed by atoms with Crippen LogP contribution in [0, 0.1) is 0 Å². The highest BCUT2D eigenvalue weighted by Crippen LogP contribution is 2.56. The summed E-state index contributed by atoms with van der Waals surface area (Å²) in [5, 5.41) is 15.1. The van der Waals surface area contributed by atoms with E-state index in [0.29, 0.717) is 36.5 Å². The lowest BCUT2D eigenvalue weighted by Gasteiger charge is -2.27. The molecule has 0 aliphatic rings. The molecule has 6 amide bonds. The van der Waals surface area contributed by atoms with Crippen molar-refractivity contribution in [3.8, 4) is 0 Å². The van der Waals surface area contributed by atoms with Crippen LogP contribution in [0.25, 0.3) is 0 Å². The maximum Gasteiger partial charge on any atom is 0.291 e. The fourth-order valence-corrected chi connectivity index (χ4v) is 13.2. The molecule has 374 valence electrons. The zero-order valence-electron chi connectivity index (χ0n) is 41.2. The Morgan fingerprint density at radius 2 is 1.20 bits per heavy atom. The molecule has 6 aromatic rings. The highest BCUT2D eigenvalue weighted by molar-refractivity contribution is 14.1. The summed E-state index contributed by atoms with van der Waals surface area (Å²) >= 11 is 1.87. The average Bonchev–Trinajstić information content (AvgIpc) is 4.06. The van der Waals surface area contributed by atoms with Gasteiger partial charge in [-0.1, -0.05) is 54.6 Å². The van der Waals surface area contributed by atoms with E-state index in [2.05, 4.69) is 104 Å². The Morgan fingerprint density at radius 1 is 0.606 bits per heavy atom. The number of rotatable bonds is 24. The average molecular weight is 1100 g/mol. The van der Waals surface area contributed by atoms with E-state index in [1.165, 1.54) is 35.9 Å². The topological polar surface area (TPSA) is 188 Å². The number of imidazole rings is 1. The summed E-state index contributed by atoms with van der Waals surface area (Å²) in [5.74, 6) is -1.72. The molecule has 19 heteroatoms. The van der Waals surface area contributed by atoms with Crippen LogP contribution in [-0.4, -0.2) is 117 Å². The number of aromatic nitrogens is 4. The zero-order valence-corrected chi connectivity index (χ0v) is 44.3. The molecule has 0 bridgehead atoms. The van der Waals surface area contributed by atoms with E-state index in [1.807, 2.05) is 55.2 Å². The van der Waals surface area contributed by atoms with Crippen molar-refractivity contribution in [2.45, 2.75) is 38.5 Å². The molecule has 17 nitrogen and oxygen atoms in total. The number of hydrogen-bond acceptors (Lipinski definition) is 8. The molecular weight excluding hydrogens is 1030 g/mol. The summed E-state index contributed by atoms with van der Waals surface area (Å²) in [6.07, 6.45) is 8.58. The minimum absolute atomic E-state index is 0.0126. The van der Waals surface area contributed by atoms with Crippen LogP contribution >= 0.6 is 30.1 Å². The molecule has 6 rings (SSSR count). The van der Waals surface area contributed by atoms with E-state index < -0.39 is 19.1 Å². The predicted molar refractivity (Wildman–Crippen MR) is 291 cm³/mol. The van der Waals surface area contributed by atoms with Crippen molar-refractivity contribution >= 4 is 98.7 Å². The minimum atomic E-state index is -1.99. The van der Waals surface area contributed by atoms with Crippen molar-refractivity contribution in [3.63, 3.8) is 0 Å². The minimum Gasteiger partial charge on any atom is -0.356 e. The highest BCUT2D eigenvalue weighted by atomic mass is 127. The maximum atomic E-state index is 13.7. The number of aryl methyl sites for hydroxylation is 3. The van der Waals surface area contributed by atoms with E-state index in [-0.39, 0.29) is 66.9 Å². The van der Waals surface area contributed by atoms with Gasteiger partial charge < -0.3 is 44.8 Å². The summed E-state index contributed by atoms with van der Waals surface area (Å²) in [6, 6.07) is 35.1. The molecule has 0 saturated carbocycles. The van der Waals surface area contributed by atoms with E-state index in [9.17, 15) is 28.8 Å². The van der Waals surface area contributed by atoms with Crippen LogP contribution in [0.2, 0.25) is 0 Å². The zero-order chi connectivity index (χ0) is 51.1. The fraction of sp³-hybridized carbons (Fsp3) is 0.327. The number of unbranched alkanes of at least 4 members (excludes halogenated alkanes) is 1. The largest absolute Gasteiger partial charge is 0.356 e. The molecule has 71 heavy (non-hydrogen) atoms. The first-order valence-corrected chi connectivity index (χ1v) is 26.5. The molecule has 3 heterocycles. The molecule has 3 aromatic heterocycles. The highest BCUT2D eigenvalue weighted by Gasteiger charge is 2.44. The van der Waals surface area contributed by atoms with Crippen LogP contribution in [0.1, 0.15) is 70.1 Å². The Kier molecular flexibility index (Phi) is 19.3. The normalized spacial score (nSPS) is 11.3. The van der Waals surface area contributed by atoms with Gasteiger partial charge in [0.1, 0.15) is 34.6 Å². The lowest BCUT2D eigenvalue weighted by Crippen LogP contribution is -2.34. The molecule has 0 fully saturated rings. The molecule has 0 saturated heterocycles. The molecule has 0 atom stereocenters. The summed E-state index contributed by atoms with van der Waals surface area (Å²) in [6.45, 7) is 1.81. The van der Waals surface area contributed by atoms with Crippen molar-refractivity contribution in [1.82, 2.24) is 39.1 Å². The van der Waals surface area contributed by atoms with Crippen molar-refractivity contribution in [2.24, 2.45) is 21.1 Å². The molecule has 0 radical (unpaired) electrons. The molecular formula is C52H64IN11O6P+. The quantitative estimate of drug-likeness (QED) is 0.0265.